The van der Waals surface area contributed by atoms with Gasteiger partial charge in [0.2, 0.25) is 0 Å². The van der Waals surface area contributed by atoms with E-state index in [1.54, 1.807) is 0 Å². The summed E-state index contributed by atoms with van der Waals surface area (Å²) in [5.41, 5.74) is 1.35. The molecule has 0 amide bonds. The number of likely N-dealkylation sites (tertiary alicyclic amines) is 1. The third-order valence-electron chi connectivity index (χ3n) is 6.02. The molecule has 1 atom stereocenters. The smallest absolute Gasteiger partial charge is 0.0437 e. The number of hydrogen-bond acceptors (Lipinski definition) is 3. The molecule has 2 aliphatic rings. The molecular weight excluding hydrogens is 296 g/mol. The van der Waals surface area contributed by atoms with E-state index in [0.717, 1.165) is 19.0 Å². The van der Waals surface area contributed by atoms with E-state index < -0.39 is 0 Å². The molecule has 3 nitrogen and oxygen atoms in total. The first kappa shape index (κ1) is 17.9. The molecule has 3 heteroatoms. The Morgan fingerprint density at radius 3 is 2.38 bits per heavy atom. The molecule has 1 saturated heterocycles. The van der Waals surface area contributed by atoms with Crippen LogP contribution < -0.4 is 5.32 Å². The summed E-state index contributed by atoms with van der Waals surface area (Å²) < 4.78 is 0. The Balaban J connectivity index is 1.43. The van der Waals surface area contributed by atoms with Crippen LogP contribution in [-0.4, -0.2) is 48.3 Å². The van der Waals surface area contributed by atoms with E-state index in [-0.39, 0.29) is 6.61 Å². The van der Waals surface area contributed by atoms with Crippen LogP contribution in [0.5, 0.6) is 0 Å². The molecule has 1 unspecified atom stereocenters. The minimum absolute atomic E-state index is 0.265. The molecule has 0 bridgehead atoms. The highest BCUT2D eigenvalue weighted by molar-refractivity contribution is 5.19. The number of benzene rings is 1. The van der Waals surface area contributed by atoms with Crippen molar-refractivity contribution in [3.05, 3.63) is 35.9 Å². The molecule has 0 radical (unpaired) electrons. The monoisotopic (exact) mass is 330 g/mol. The van der Waals surface area contributed by atoms with E-state index in [0.29, 0.717) is 12.0 Å². The van der Waals surface area contributed by atoms with Gasteiger partial charge in [-0.2, -0.15) is 0 Å². The van der Waals surface area contributed by atoms with Crippen molar-refractivity contribution in [3.8, 4) is 0 Å². The molecule has 1 aromatic rings. The summed E-state index contributed by atoms with van der Waals surface area (Å²) in [7, 11) is 0. The zero-order valence-electron chi connectivity index (χ0n) is 15.0. The van der Waals surface area contributed by atoms with Crippen molar-refractivity contribution >= 4 is 0 Å². The summed E-state index contributed by atoms with van der Waals surface area (Å²) in [4.78, 5) is 2.75. The SMILES string of the molecule is OCCC(CNC1CCN(C2CCCCC2)CC1)c1ccccc1. The summed E-state index contributed by atoms with van der Waals surface area (Å²) in [6, 6.07) is 12.2. The second-order valence-electron chi connectivity index (χ2n) is 7.63. The van der Waals surface area contributed by atoms with Crippen LogP contribution in [-0.2, 0) is 0 Å². The van der Waals surface area contributed by atoms with E-state index in [1.165, 1.54) is 63.6 Å². The third-order valence-corrected chi connectivity index (χ3v) is 6.02. The van der Waals surface area contributed by atoms with Gasteiger partial charge in [-0.25, -0.2) is 0 Å². The Morgan fingerprint density at radius 1 is 1.00 bits per heavy atom. The van der Waals surface area contributed by atoms with E-state index in [1.807, 2.05) is 0 Å². The van der Waals surface area contributed by atoms with Gasteiger partial charge in [-0.15, -0.1) is 0 Å². The lowest BCUT2D eigenvalue weighted by molar-refractivity contribution is 0.115. The van der Waals surface area contributed by atoms with Gasteiger partial charge >= 0.3 is 0 Å². The van der Waals surface area contributed by atoms with Crippen LogP contribution in [0.1, 0.15) is 62.8 Å². The first-order chi connectivity index (χ1) is 11.9. The number of rotatable bonds is 7. The molecule has 134 valence electrons. The molecule has 2 N–H and O–H groups in total. The fraction of sp³-hybridized carbons (Fsp3) is 0.714. The Bertz CT molecular complexity index is 450. The maximum atomic E-state index is 9.38. The predicted molar refractivity (Wildman–Crippen MR) is 100 cm³/mol. The summed E-state index contributed by atoms with van der Waals surface area (Å²) in [5.74, 6) is 0.424. The first-order valence-electron chi connectivity index (χ1n) is 10.00. The molecule has 3 rings (SSSR count). The van der Waals surface area contributed by atoms with Crippen molar-refractivity contribution in [1.29, 1.82) is 0 Å². The maximum absolute atomic E-state index is 9.38. The minimum atomic E-state index is 0.265. The van der Waals surface area contributed by atoms with Crippen LogP contribution in [0.4, 0.5) is 0 Å². The van der Waals surface area contributed by atoms with Crippen molar-refractivity contribution in [1.82, 2.24) is 10.2 Å². The predicted octanol–water partition coefficient (Wildman–Crippen LogP) is 3.54. The number of aliphatic hydroxyl groups is 1. The summed E-state index contributed by atoms with van der Waals surface area (Å²) in [5, 5.41) is 13.2. The lowest BCUT2D eigenvalue weighted by atomic mass is 9.91. The van der Waals surface area contributed by atoms with E-state index in [4.69, 9.17) is 0 Å². The van der Waals surface area contributed by atoms with Crippen LogP contribution in [0.3, 0.4) is 0 Å². The number of piperidine rings is 1. The van der Waals surface area contributed by atoms with Crippen molar-refractivity contribution in [3.63, 3.8) is 0 Å². The van der Waals surface area contributed by atoms with E-state index in [2.05, 4.69) is 40.5 Å². The second-order valence-corrected chi connectivity index (χ2v) is 7.63. The van der Waals surface area contributed by atoms with Crippen molar-refractivity contribution in [2.45, 2.75) is 69.4 Å². The molecule has 1 aliphatic heterocycles. The van der Waals surface area contributed by atoms with Crippen LogP contribution >= 0.6 is 0 Å². The average Bonchev–Trinajstić information content (AvgIpc) is 2.67. The second kappa shape index (κ2) is 9.55. The van der Waals surface area contributed by atoms with Gasteiger partial charge in [-0.05, 0) is 56.7 Å². The Labute approximate surface area is 147 Å². The lowest BCUT2D eigenvalue weighted by Gasteiger charge is -2.39. The van der Waals surface area contributed by atoms with Crippen LogP contribution in [0.2, 0.25) is 0 Å². The van der Waals surface area contributed by atoms with Gasteiger partial charge in [-0.1, -0.05) is 49.6 Å². The Kier molecular flexibility index (Phi) is 7.13. The van der Waals surface area contributed by atoms with Gasteiger partial charge in [0.25, 0.3) is 0 Å². The fourth-order valence-electron chi connectivity index (χ4n) is 4.49. The average molecular weight is 331 g/mol. The highest BCUT2D eigenvalue weighted by atomic mass is 16.3. The fourth-order valence-corrected chi connectivity index (χ4v) is 4.49. The van der Waals surface area contributed by atoms with E-state index >= 15 is 0 Å². The molecule has 2 fully saturated rings. The number of hydrogen-bond donors (Lipinski definition) is 2. The summed E-state index contributed by atoms with van der Waals surface area (Å²) in [6.07, 6.45) is 10.5. The maximum Gasteiger partial charge on any atom is 0.0437 e. The van der Waals surface area contributed by atoms with Gasteiger partial charge in [0.1, 0.15) is 0 Å². The third kappa shape index (κ3) is 5.05. The van der Waals surface area contributed by atoms with Gasteiger partial charge in [0, 0.05) is 25.2 Å². The highest BCUT2D eigenvalue weighted by Crippen LogP contribution is 2.25. The Hall–Kier alpha value is -0.900. The number of nitrogens with one attached hydrogen (secondary N) is 1. The minimum Gasteiger partial charge on any atom is -0.396 e. The molecule has 1 heterocycles. The van der Waals surface area contributed by atoms with Crippen LogP contribution in [0.25, 0.3) is 0 Å². The number of aliphatic hydroxyl groups excluding tert-OH is 1. The topological polar surface area (TPSA) is 35.5 Å². The van der Waals surface area contributed by atoms with Gasteiger partial charge in [0.05, 0.1) is 0 Å². The van der Waals surface area contributed by atoms with Crippen LogP contribution in [0.15, 0.2) is 30.3 Å². The molecule has 24 heavy (non-hydrogen) atoms. The lowest BCUT2D eigenvalue weighted by Crippen LogP contribution is -2.47. The molecule has 0 aromatic heterocycles. The van der Waals surface area contributed by atoms with E-state index in [9.17, 15) is 5.11 Å². The van der Waals surface area contributed by atoms with Crippen molar-refractivity contribution in [2.24, 2.45) is 0 Å². The van der Waals surface area contributed by atoms with Crippen molar-refractivity contribution in [2.75, 3.05) is 26.2 Å². The molecule has 0 spiro atoms. The molecule has 1 saturated carbocycles. The van der Waals surface area contributed by atoms with Gasteiger partial charge in [0.15, 0.2) is 0 Å². The van der Waals surface area contributed by atoms with Gasteiger partial charge < -0.3 is 15.3 Å². The zero-order valence-corrected chi connectivity index (χ0v) is 15.0. The Morgan fingerprint density at radius 2 is 1.71 bits per heavy atom. The highest BCUT2D eigenvalue weighted by Gasteiger charge is 2.26. The summed E-state index contributed by atoms with van der Waals surface area (Å²) >= 11 is 0. The largest absolute Gasteiger partial charge is 0.396 e. The molecule has 1 aromatic carbocycles. The quantitative estimate of drug-likeness (QED) is 0.803. The standard InChI is InChI=1S/C21H34N2O/c24-16-13-19(18-7-3-1-4-8-18)17-22-20-11-14-23(15-12-20)21-9-5-2-6-10-21/h1,3-4,7-8,19-22,24H,2,5-6,9-17H2. The zero-order chi connectivity index (χ0) is 16.6. The van der Waals surface area contributed by atoms with Gasteiger partial charge in [-0.3, -0.25) is 0 Å². The number of nitrogens with zero attached hydrogens (tertiary/aromatic N) is 1. The first-order valence-corrected chi connectivity index (χ1v) is 10.00. The summed E-state index contributed by atoms with van der Waals surface area (Å²) in [6.45, 7) is 3.77. The molecule has 1 aliphatic carbocycles. The van der Waals surface area contributed by atoms with Crippen LogP contribution in [0, 0.1) is 0 Å². The molecular formula is C21H34N2O. The normalized spacial score (nSPS) is 22.5. The van der Waals surface area contributed by atoms with Crippen molar-refractivity contribution < 1.29 is 5.11 Å².